The van der Waals surface area contributed by atoms with Crippen molar-refractivity contribution < 1.29 is 14.0 Å². The smallest absolute Gasteiger partial charge is 0.295 e. The molecule has 0 N–H and O–H groups in total. The second-order valence-electron chi connectivity index (χ2n) is 3.67. The molecule has 0 radical (unpaired) electrons. The molecule has 1 heterocycles. The summed E-state index contributed by atoms with van der Waals surface area (Å²) in [7, 11) is 5.23. The fourth-order valence-corrected chi connectivity index (χ4v) is 1.64. The summed E-state index contributed by atoms with van der Waals surface area (Å²) >= 11 is 0. The average Bonchev–Trinajstić information content (AvgIpc) is 2.29. The zero-order valence-electron chi connectivity index (χ0n) is 9.94. The molecule has 0 amide bonds. The van der Waals surface area contributed by atoms with Gasteiger partial charge in [0.25, 0.3) is 5.82 Å². The Hall–Kier alpha value is -1.84. The Balaban J connectivity index is 2.73. The lowest BCUT2D eigenvalue weighted by atomic mass is 10.2. The van der Waals surface area contributed by atoms with Crippen molar-refractivity contribution in [2.75, 3.05) is 14.2 Å². The Labute approximate surface area is 94.4 Å². The Morgan fingerprint density at radius 1 is 1.12 bits per heavy atom. The van der Waals surface area contributed by atoms with Crippen LogP contribution in [0.2, 0.25) is 0 Å². The normalized spacial score (nSPS) is 10.5. The van der Waals surface area contributed by atoms with Crippen LogP contribution < -0.4 is 14.0 Å². The molecule has 4 heteroatoms. The van der Waals surface area contributed by atoms with Gasteiger partial charge in [-0.2, -0.15) is 0 Å². The third-order valence-corrected chi connectivity index (χ3v) is 2.66. The molecule has 2 aromatic rings. The van der Waals surface area contributed by atoms with Gasteiger partial charge in [-0.3, -0.25) is 0 Å². The SMILES string of the molecule is COc1cc2c[n+](C)c(C)nc2cc1OC. The second-order valence-corrected chi connectivity index (χ2v) is 3.67. The van der Waals surface area contributed by atoms with E-state index in [1.165, 1.54) is 0 Å². The number of benzene rings is 1. The summed E-state index contributed by atoms with van der Waals surface area (Å²) in [5.41, 5.74) is 0.910. The van der Waals surface area contributed by atoms with Gasteiger partial charge in [0.1, 0.15) is 6.20 Å². The molecule has 0 saturated carbocycles. The van der Waals surface area contributed by atoms with E-state index in [4.69, 9.17) is 9.47 Å². The molecular formula is C12H15N2O2+. The summed E-state index contributed by atoms with van der Waals surface area (Å²) in [6, 6.07) is 3.82. The Morgan fingerprint density at radius 3 is 2.38 bits per heavy atom. The Bertz CT molecular complexity index is 490. The second kappa shape index (κ2) is 3.96. The summed E-state index contributed by atoms with van der Waals surface area (Å²) in [4.78, 5) is 4.49. The van der Waals surface area contributed by atoms with Gasteiger partial charge < -0.3 is 9.47 Å². The Morgan fingerprint density at radius 2 is 1.75 bits per heavy atom. The summed E-state index contributed by atoms with van der Waals surface area (Å²) in [5.74, 6) is 2.39. The van der Waals surface area contributed by atoms with Gasteiger partial charge in [-0.15, -0.1) is 0 Å². The van der Waals surface area contributed by atoms with Crippen LogP contribution in [0.25, 0.3) is 10.9 Å². The number of methoxy groups -OCH3 is 2. The minimum Gasteiger partial charge on any atom is -0.493 e. The molecule has 0 saturated heterocycles. The van der Waals surface area contributed by atoms with Crippen LogP contribution in [0.3, 0.4) is 0 Å². The number of fused-ring (bicyclic) bond motifs is 1. The minimum absolute atomic E-state index is 0.704. The van der Waals surface area contributed by atoms with Crippen molar-refractivity contribution in [2.45, 2.75) is 6.92 Å². The van der Waals surface area contributed by atoms with Gasteiger partial charge in [-0.05, 0) is 11.1 Å². The van der Waals surface area contributed by atoms with Gasteiger partial charge in [-0.1, -0.05) is 0 Å². The van der Waals surface area contributed by atoms with Crippen LogP contribution in [0.4, 0.5) is 0 Å². The van der Waals surface area contributed by atoms with Gasteiger partial charge in [0.2, 0.25) is 0 Å². The number of aromatic nitrogens is 2. The number of hydrogen-bond donors (Lipinski definition) is 0. The van der Waals surface area contributed by atoms with E-state index in [0.717, 1.165) is 22.5 Å². The lowest BCUT2D eigenvalue weighted by Gasteiger charge is -2.07. The van der Waals surface area contributed by atoms with Crippen molar-refractivity contribution in [3.05, 3.63) is 24.2 Å². The highest BCUT2D eigenvalue weighted by Gasteiger charge is 2.12. The lowest BCUT2D eigenvalue weighted by Crippen LogP contribution is -2.32. The van der Waals surface area contributed by atoms with Crippen LogP contribution in [-0.4, -0.2) is 19.2 Å². The van der Waals surface area contributed by atoms with Crippen LogP contribution in [0.15, 0.2) is 18.3 Å². The van der Waals surface area contributed by atoms with E-state index in [-0.39, 0.29) is 0 Å². The van der Waals surface area contributed by atoms with E-state index in [0.29, 0.717) is 5.75 Å². The largest absolute Gasteiger partial charge is 0.493 e. The van der Waals surface area contributed by atoms with Gasteiger partial charge in [0.05, 0.1) is 26.7 Å². The highest BCUT2D eigenvalue weighted by Crippen LogP contribution is 2.30. The van der Waals surface area contributed by atoms with E-state index >= 15 is 0 Å². The molecule has 0 atom stereocenters. The van der Waals surface area contributed by atoms with Crippen LogP contribution in [0.5, 0.6) is 11.5 Å². The van der Waals surface area contributed by atoms with Gasteiger partial charge in [0, 0.05) is 13.0 Å². The first-order valence-electron chi connectivity index (χ1n) is 5.04. The molecule has 0 fully saturated rings. The van der Waals surface area contributed by atoms with Crippen molar-refractivity contribution in [2.24, 2.45) is 7.05 Å². The molecule has 1 aromatic heterocycles. The molecule has 0 spiro atoms. The summed E-state index contributed by atoms with van der Waals surface area (Å²) in [6.45, 7) is 1.97. The third kappa shape index (κ3) is 1.66. The zero-order chi connectivity index (χ0) is 11.7. The van der Waals surface area contributed by atoms with Crippen molar-refractivity contribution >= 4 is 10.9 Å². The molecule has 0 aliphatic rings. The van der Waals surface area contributed by atoms with Gasteiger partial charge in [-0.25, -0.2) is 4.57 Å². The van der Waals surface area contributed by atoms with Crippen LogP contribution in [0.1, 0.15) is 5.82 Å². The minimum atomic E-state index is 0.704. The van der Waals surface area contributed by atoms with Crippen LogP contribution in [0, 0.1) is 6.92 Å². The maximum absolute atomic E-state index is 5.25. The topological polar surface area (TPSA) is 35.2 Å². The van der Waals surface area contributed by atoms with Gasteiger partial charge >= 0.3 is 0 Å². The molecule has 2 rings (SSSR count). The lowest BCUT2D eigenvalue weighted by molar-refractivity contribution is -0.679. The molecule has 0 bridgehead atoms. The number of ether oxygens (including phenoxy) is 2. The van der Waals surface area contributed by atoms with E-state index in [1.807, 2.05) is 36.9 Å². The van der Waals surface area contributed by atoms with Crippen molar-refractivity contribution in [1.29, 1.82) is 0 Å². The third-order valence-electron chi connectivity index (χ3n) is 2.66. The molecule has 0 aliphatic heterocycles. The van der Waals surface area contributed by atoms with Crippen molar-refractivity contribution in [1.82, 2.24) is 4.98 Å². The molecule has 16 heavy (non-hydrogen) atoms. The monoisotopic (exact) mass is 219 g/mol. The quantitative estimate of drug-likeness (QED) is 0.716. The molecule has 84 valence electrons. The molecular weight excluding hydrogens is 204 g/mol. The highest BCUT2D eigenvalue weighted by molar-refractivity contribution is 5.81. The first-order chi connectivity index (χ1) is 7.65. The maximum atomic E-state index is 5.25. The average molecular weight is 219 g/mol. The predicted octanol–water partition coefficient (Wildman–Crippen LogP) is 1.38. The summed E-state index contributed by atoms with van der Waals surface area (Å²) < 4.78 is 12.5. The van der Waals surface area contributed by atoms with E-state index in [1.54, 1.807) is 14.2 Å². The summed E-state index contributed by atoms with van der Waals surface area (Å²) in [5, 5.41) is 1.03. The first kappa shape index (κ1) is 10.7. The number of nitrogens with zero attached hydrogens (tertiary/aromatic N) is 2. The van der Waals surface area contributed by atoms with Crippen LogP contribution >= 0.6 is 0 Å². The van der Waals surface area contributed by atoms with E-state index < -0.39 is 0 Å². The van der Waals surface area contributed by atoms with Crippen molar-refractivity contribution in [3.8, 4) is 11.5 Å². The van der Waals surface area contributed by atoms with E-state index in [2.05, 4.69) is 4.98 Å². The summed E-state index contributed by atoms with van der Waals surface area (Å²) in [6.07, 6.45) is 2.03. The number of aryl methyl sites for hydroxylation is 2. The predicted molar refractivity (Wildman–Crippen MR) is 60.8 cm³/mol. The molecule has 0 aliphatic carbocycles. The molecule has 4 nitrogen and oxygen atoms in total. The van der Waals surface area contributed by atoms with E-state index in [9.17, 15) is 0 Å². The zero-order valence-corrected chi connectivity index (χ0v) is 9.94. The van der Waals surface area contributed by atoms with Crippen molar-refractivity contribution in [3.63, 3.8) is 0 Å². The molecule has 1 aromatic carbocycles. The standard InChI is InChI=1S/C12H15N2O2/c1-8-13-10-6-12(16-4)11(15-3)5-9(10)7-14(8)2/h5-7H,1-4H3/q+1. The number of rotatable bonds is 2. The highest BCUT2D eigenvalue weighted by atomic mass is 16.5. The fourth-order valence-electron chi connectivity index (χ4n) is 1.64. The fraction of sp³-hybridized carbons (Fsp3) is 0.333. The van der Waals surface area contributed by atoms with Gasteiger partial charge in [0.15, 0.2) is 17.0 Å². The van der Waals surface area contributed by atoms with Crippen LogP contribution in [-0.2, 0) is 7.05 Å². The Kier molecular flexibility index (Phi) is 2.64. The number of hydrogen-bond acceptors (Lipinski definition) is 3. The maximum Gasteiger partial charge on any atom is 0.295 e. The molecule has 0 unspecified atom stereocenters. The first-order valence-corrected chi connectivity index (χ1v) is 5.04.